The monoisotopic (exact) mass is 706 g/mol. The van der Waals surface area contributed by atoms with Gasteiger partial charge in [0.05, 0.1) is 24.4 Å². The second kappa shape index (κ2) is 17.5. The summed E-state index contributed by atoms with van der Waals surface area (Å²) in [4.78, 5) is 21.9. The molecule has 0 radical (unpaired) electrons. The van der Waals surface area contributed by atoms with E-state index in [1.807, 2.05) is 55.2 Å². The van der Waals surface area contributed by atoms with Crippen molar-refractivity contribution >= 4 is 12.0 Å². The molecule has 0 spiro atoms. The fraction of sp³-hybridized carbons (Fsp3) is 0.267. The Morgan fingerprint density at radius 3 is 2.08 bits per heavy atom. The highest BCUT2D eigenvalue weighted by atomic mass is 16.5. The number of benzene rings is 4. The summed E-state index contributed by atoms with van der Waals surface area (Å²) in [6.45, 7) is 13.2. The second-order valence-corrected chi connectivity index (χ2v) is 13.7. The lowest BCUT2D eigenvalue weighted by Gasteiger charge is -2.34. The molecule has 270 valence electrons. The molecule has 0 saturated carbocycles. The second-order valence-electron chi connectivity index (χ2n) is 13.7. The third kappa shape index (κ3) is 10.6. The summed E-state index contributed by atoms with van der Waals surface area (Å²) in [6, 6.07) is 32.2. The van der Waals surface area contributed by atoms with Gasteiger partial charge in [0, 0.05) is 51.3 Å². The van der Waals surface area contributed by atoms with Crippen LogP contribution in [0.3, 0.4) is 0 Å². The number of nitrogens with zero attached hydrogens (tertiary/aromatic N) is 4. The Kier molecular flexibility index (Phi) is 12.2. The predicted molar refractivity (Wildman–Crippen MR) is 208 cm³/mol. The van der Waals surface area contributed by atoms with Crippen LogP contribution in [0, 0.1) is 39.0 Å². The molecule has 8 heteroatoms. The summed E-state index contributed by atoms with van der Waals surface area (Å²) in [7, 11) is 0. The molecule has 0 aliphatic carbocycles. The highest BCUT2D eigenvalue weighted by Crippen LogP contribution is 2.30. The van der Waals surface area contributed by atoms with E-state index in [4.69, 9.17) is 19.5 Å². The molecule has 1 fully saturated rings. The van der Waals surface area contributed by atoms with Gasteiger partial charge < -0.3 is 19.1 Å². The smallest absolute Gasteiger partial charge is 0.246 e. The third-order valence-corrected chi connectivity index (χ3v) is 9.27. The average molecular weight is 707 g/mol. The third-order valence-electron chi connectivity index (χ3n) is 9.27. The number of aromatic nitrogens is 1. The Balaban J connectivity index is 0.931. The number of aryl methyl sites for hydroxylation is 4. The predicted octanol–water partition coefficient (Wildman–Crippen LogP) is 8.54. The highest BCUT2D eigenvalue weighted by molar-refractivity contribution is 5.92. The van der Waals surface area contributed by atoms with Gasteiger partial charge in [-0.3, -0.25) is 9.69 Å². The molecule has 0 bridgehead atoms. The minimum atomic E-state index is 0.0263. The Labute approximate surface area is 312 Å². The lowest BCUT2D eigenvalue weighted by molar-refractivity contribution is -0.127. The molecule has 2 heterocycles. The van der Waals surface area contributed by atoms with Gasteiger partial charge >= 0.3 is 0 Å². The van der Waals surface area contributed by atoms with Crippen LogP contribution in [0.15, 0.2) is 103 Å². The van der Waals surface area contributed by atoms with Crippen LogP contribution in [0.25, 0.3) is 6.08 Å². The first-order valence-electron chi connectivity index (χ1n) is 18.1. The van der Waals surface area contributed by atoms with E-state index in [0.717, 1.165) is 59.8 Å². The van der Waals surface area contributed by atoms with E-state index in [2.05, 4.69) is 72.3 Å². The number of amides is 1. The number of carbonyl (C=O) groups is 1. The number of hydrogen-bond donors (Lipinski definition) is 0. The van der Waals surface area contributed by atoms with Crippen molar-refractivity contribution in [3.8, 4) is 29.2 Å². The van der Waals surface area contributed by atoms with Crippen molar-refractivity contribution in [2.75, 3.05) is 32.8 Å². The lowest BCUT2D eigenvalue weighted by Crippen LogP contribution is -2.47. The maximum absolute atomic E-state index is 13.1. The van der Waals surface area contributed by atoms with Crippen LogP contribution in [-0.2, 0) is 24.4 Å². The highest BCUT2D eigenvalue weighted by Gasteiger charge is 2.20. The molecule has 8 nitrogen and oxygen atoms in total. The molecule has 1 aliphatic heterocycles. The molecule has 0 unspecified atom stereocenters. The molecule has 53 heavy (non-hydrogen) atoms. The van der Waals surface area contributed by atoms with Crippen molar-refractivity contribution in [2.45, 2.75) is 47.3 Å². The minimum Gasteiger partial charge on any atom is -0.493 e. The SMILES string of the molecule is Cc1cc(C)cc(OCCc2ccc(CN3CCN(C(=O)/C=C/c4cc(C)c(Oc5ccc(OCc6ccc(C#N)cc6)cn5)c(C)c4)CC3)cc2)c1. The molecule has 5 aromatic rings. The average Bonchev–Trinajstić information content (AvgIpc) is 3.16. The Bertz CT molecular complexity index is 2030. The Morgan fingerprint density at radius 2 is 1.43 bits per heavy atom. The fourth-order valence-corrected chi connectivity index (χ4v) is 6.47. The van der Waals surface area contributed by atoms with Crippen molar-refractivity contribution < 1.29 is 19.0 Å². The van der Waals surface area contributed by atoms with Crippen molar-refractivity contribution in [1.82, 2.24) is 14.8 Å². The summed E-state index contributed by atoms with van der Waals surface area (Å²) in [6.07, 6.45) is 6.05. The number of piperazine rings is 1. The van der Waals surface area contributed by atoms with Crippen molar-refractivity contribution in [2.24, 2.45) is 0 Å². The zero-order valence-electron chi connectivity index (χ0n) is 31.0. The van der Waals surface area contributed by atoms with Gasteiger partial charge in [0.25, 0.3) is 0 Å². The minimum absolute atomic E-state index is 0.0263. The molecule has 1 aromatic heterocycles. The Hall–Kier alpha value is -5.91. The molecule has 6 rings (SSSR count). The fourth-order valence-electron chi connectivity index (χ4n) is 6.47. The van der Waals surface area contributed by atoms with E-state index in [0.29, 0.717) is 43.5 Å². The largest absolute Gasteiger partial charge is 0.493 e. The number of rotatable bonds is 13. The normalized spacial score (nSPS) is 13.2. The van der Waals surface area contributed by atoms with Crippen LogP contribution in [0.5, 0.6) is 23.1 Å². The first kappa shape index (κ1) is 36.9. The van der Waals surface area contributed by atoms with Crippen LogP contribution in [0.4, 0.5) is 0 Å². The van der Waals surface area contributed by atoms with Gasteiger partial charge in [0.2, 0.25) is 11.8 Å². The van der Waals surface area contributed by atoms with Crippen molar-refractivity contribution in [3.63, 3.8) is 0 Å². The molecule has 0 N–H and O–H groups in total. The van der Waals surface area contributed by atoms with Crippen molar-refractivity contribution in [3.05, 3.63) is 153 Å². The summed E-state index contributed by atoms with van der Waals surface area (Å²) in [5.74, 6) is 2.78. The van der Waals surface area contributed by atoms with E-state index in [9.17, 15) is 4.79 Å². The van der Waals surface area contributed by atoms with Crippen molar-refractivity contribution in [1.29, 1.82) is 5.26 Å². The van der Waals surface area contributed by atoms with Crippen LogP contribution in [0.2, 0.25) is 0 Å². The van der Waals surface area contributed by atoms with E-state index >= 15 is 0 Å². The molecule has 1 aliphatic rings. The van der Waals surface area contributed by atoms with E-state index < -0.39 is 0 Å². The summed E-state index contributed by atoms with van der Waals surface area (Å²) in [5, 5.41) is 8.97. The molecule has 1 saturated heterocycles. The van der Waals surface area contributed by atoms with Gasteiger partial charge in [-0.15, -0.1) is 0 Å². The molecular formula is C45H46N4O4. The molecule has 1 amide bonds. The van der Waals surface area contributed by atoms with E-state index in [1.165, 1.54) is 22.3 Å². The van der Waals surface area contributed by atoms with E-state index in [-0.39, 0.29) is 5.91 Å². The summed E-state index contributed by atoms with van der Waals surface area (Å²) < 4.78 is 18.0. The molecule has 4 aromatic carbocycles. The number of nitriles is 1. The van der Waals surface area contributed by atoms with E-state index in [1.54, 1.807) is 30.5 Å². The standard InChI is InChI=1S/C45H46N4O4/c1-32-23-33(2)25-42(24-32)51-22-17-36-5-9-38(10-6-36)30-48-18-20-49(21-19-48)44(50)16-13-40-26-34(3)45(35(4)27-40)53-43-15-14-41(29-47-43)52-31-39-11-7-37(28-46)8-12-39/h5-16,23-27,29H,17-22,30-31H2,1-4H3/b16-13+. The quantitative estimate of drug-likeness (QED) is 0.113. The van der Waals surface area contributed by atoms with Crippen LogP contribution in [0.1, 0.15) is 50.1 Å². The van der Waals surface area contributed by atoms with Gasteiger partial charge in [-0.2, -0.15) is 5.26 Å². The zero-order valence-corrected chi connectivity index (χ0v) is 31.0. The maximum atomic E-state index is 13.1. The number of ether oxygens (including phenoxy) is 3. The zero-order chi connectivity index (χ0) is 37.2. The number of carbonyl (C=O) groups excluding carboxylic acids is 1. The molecular weight excluding hydrogens is 661 g/mol. The number of hydrogen-bond acceptors (Lipinski definition) is 7. The molecule has 0 atom stereocenters. The van der Waals surface area contributed by atoms with Gasteiger partial charge in [0.15, 0.2) is 0 Å². The maximum Gasteiger partial charge on any atom is 0.246 e. The van der Waals surface area contributed by atoms with Crippen LogP contribution in [-0.4, -0.2) is 53.5 Å². The first-order valence-corrected chi connectivity index (χ1v) is 18.1. The van der Waals surface area contributed by atoms with Gasteiger partial charge in [0.1, 0.15) is 23.9 Å². The summed E-state index contributed by atoms with van der Waals surface area (Å²) >= 11 is 0. The van der Waals surface area contributed by atoms with Gasteiger partial charge in [-0.25, -0.2) is 4.98 Å². The van der Waals surface area contributed by atoms with Crippen LogP contribution < -0.4 is 14.2 Å². The topological polar surface area (TPSA) is 87.9 Å². The first-order chi connectivity index (χ1) is 25.7. The summed E-state index contributed by atoms with van der Waals surface area (Å²) in [5.41, 5.74) is 9.40. The Morgan fingerprint density at radius 1 is 0.774 bits per heavy atom. The lowest BCUT2D eigenvalue weighted by atomic mass is 10.1. The number of pyridine rings is 1. The van der Waals surface area contributed by atoms with Gasteiger partial charge in [-0.1, -0.05) is 42.5 Å². The van der Waals surface area contributed by atoms with Gasteiger partial charge in [-0.05, 0) is 121 Å². The van der Waals surface area contributed by atoms with Crippen LogP contribution >= 0.6 is 0 Å².